The van der Waals surface area contributed by atoms with Crippen LogP contribution in [0.1, 0.15) is 49.5 Å². The number of likely N-dealkylation sites (tertiary alicyclic amines) is 1. The van der Waals surface area contributed by atoms with Crippen LogP contribution in [0.25, 0.3) is 0 Å². The molecule has 0 N–H and O–H groups in total. The minimum atomic E-state index is -0.532. The van der Waals surface area contributed by atoms with E-state index < -0.39 is 5.60 Å². The summed E-state index contributed by atoms with van der Waals surface area (Å²) in [6, 6.07) is 4.59. The highest BCUT2D eigenvalue weighted by Crippen LogP contribution is 2.21. The van der Waals surface area contributed by atoms with Gasteiger partial charge in [0.15, 0.2) is 0 Å². The first-order chi connectivity index (χ1) is 12.1. The molecule has 0 aliphatic carbocycles. The molecule has 1 fully saturated rings. The molecule has 26 heavy (non-hydrogen) atoms. The first kappa shape index (κ1) is 20.2. The van der Waals surface area contributed by atoms with Gasteiger partial charge in [0.2, 0.25) is 0 Å². The summed E-state index contributed by atoms with van der Waals surface area (Å²) in [5, 5.41) is 0. The average molecular weight is 364 g/mol. The second-order valence-electron chi connectivity index (χ2n) is 8.08. The number of aryl methyl sites for hydroxylation is 1. The predicted octanol–water partition coefficient (Wildman–Crippen LogP) is 3.85. The third kappa shape index (κ3) is 5.44. The number of benzene rings is 1. The molecule has 1 aromatic carbocycles. The lowest BCUT2D eigenvalue weighted by Crippen LogP contribution is -2.45. The Hall–Kier alpha value is -2.11. The zero-order chi connectivity index (χ0) is 19.5. The lowest BCUT2D eigenvalue weighted by atomic mass is 9.96. The number of hydrogen-bond acceptors (Lipinski definition) is 3. The van der Waals surface area contributed by atoms with Crippen molar-refractivity contribution in [3.8, 4) is 0 Å². The van der Waals surface area contributed by atoms with E-state index in [1.807, 2.05) is 20.8 Å². The van der Waals surface area contributed by atoms with Crippen molar-refractivity contribution >= 4 is 12.0 Å². The molecule has 0 aromatic heterocycles. The van der Waals surface area contributed by atoms with E-state index in [-0.39, 0.29) is 23.7 Å². The van der Waals surface area contributed by atoms with Crippen LogP contribution in [0.4, 0.5) is 9.18 Å². The number of amides is 2. The van der Waals surface area contributed by atoms with E-state index in [1.54, 1.807) is 35.9 Å². The summed E-state index contributed by atoms with van der Waals surface area (Å²) in [6.07, 6.45) is 1.45. The minimum absolute atomic E-state index is 0.159. The number of ether oxygens (including phenoxy) is 1. The molecule has 5 nitrogen and oxygen atoms in total. The Balaban J connectivity index is 1.96. The summed E-state index contributed by atoms with van der Waals surface area (Å²) >= 11 is 0. The summed E-state index contributed by atoms with van der Waals surface area (Å²) in [4.78, 5) is 28.1. The summed E-state index contributed by atoms with van der Waals surface area (Å²) in [6.45, 7) is 8.91. The van der Waals surface area contributed by atoms with Gasteiger partial charge in [-0.25, -0.2) is 9.18 Å². The Morgan fingerprint density at radius 1 is 1.35 bits per heavy atom. The quantitative estimate of drug-likeness (QED) is 0.818. The smallest absolute Gasteiger partial charge is 0.410 e. The van der Waals surface area contributed by atoms with Gasteiger partial charge in [-0.3, -0.25) is 4.79 Å². The second-order valence-corrected chi connectivity index (χ2v) is 8.08. The van der Waals surface area contributed by atoms with Gasteiger partial charge < -0.3 is 14.5 Å². The Morgan fingerprint density at radius 2 is 2.04 bits per heavy atom. The largest absolute Gasteiger partial charge is 0.444 e. The summed E-state index contributed by atoms with van der Waals surface area (Å²) in [5.41, 5.74) is 0.362. The van der Waals surface area contributed by atoms with Gasteiger partial charge in [-0.05, 0) is 64.2 Å². The summed E-state index contributed by atoms with van der Waals surface area (Å²) < 4.78 is 19.1. The second kappa shape index (κ2) is 8.06. The van der Waals surface area contributed by atoms with Gasteiger partial charge >= 0.3 is 6.09 Å². The Labute approximate surface area is 155 Å². The van der Waals surface area contributed by atoms with E-state index in [1.165, 1.54) is 6.07 Å². The lowest BCUT2D eigenvalue weighted by Gasteiger charge is -2.35. The maximum absolute atomic E-state index is 13.8. The van der Waals surface area contributed by atoms with Crippen molar-refractivity contribution in [3.05, 3.63) is 35.1 Å². The number of carbonyl (C=O) groups excluding carboxylic acids is 2. The molecule has 1 aliphatic heterocycles. The van der Waals surface area contributed by atoms with Crippen LogP contribution in [0.3, 0.4) is 0 Å². The van der Waals surface area contributed by atoms with Gasteiger partial charge in [0.1, 0.15) is 11.4 Å². The first-order valence-electron chi connectivity index (χ1n) is 9.06. The van der Waals surface area contributed by atoms with E-state index >= 15 is 0 Å². The number of halogens is 1. The van der Waals surface area contributed by atoms with Crippen molar-refractivity contribution in [2.75, 3.05) is 26.7 Å². The van der Waals surface area contributed by atoms with Crippen LogP contribution in [-0.4, -0.2) is 54.1 Å². The highest BCUT2D eigenvalue weighted by molar-refractivity contribution is 5.94. The van der Waals surface area contributed by atoms with Crippen LogP contribution < -0.4 is 0 Å². The molecule has 0 spiro atoms. The van der Waals surface area contributed by atoms with Crippen molar-refractivity contribution in [2.24, 2.45) is 5.92 Å². The van der Waals surface area contributed by atoms with Crippen molar-refractivity contribution < 1.29 is 18.7 Å². The van der Waals surface area contributed by atoms with Crippen molar-refractivity contribution in [3.63, 3.8) is 0 Å². The van der Waals surface area contributed by atoms with E-state index in [2.05, 4.69) is 0 Å². The zero-order valence-corrected chi connectivity index (χ0v) is 16.3. The summed E-state index contributed by atoms with van der Waals surface area (Å²) in [7, 11) is 1.71. The van der Waals surface area contributed by atoms with Gasteiger partial charge in [0.25, 0.3) is 5.91 Å². The molecule has 0 saturated carbocycles. The van der Waals surface area contributed by atoms with Crippen molar-refractivity contribution in [1.29, 1.82) is 0 Å². The molecule has 1 atom stereocenters. The maximum Gasteiger partial charge on any atom is 0.410 e. The third-order valence-electron chi connectivity index (χ3n) is 4.46. The van der Waals surface area contributed by atoms with Crippen LogP contribution in [-0.2, 0) is 4.74 Å². The van der Waals surface area contributed by atoms with Crippen LogP contribution in [0.5, 0.6) is 0 Å². The molecule has 0 radical (unpaired) electrons. The highest BCUT2D eigenvalue weighted by atomic mass is 19.1. The van der Waals surface area contributed by atoms with Crippen LogP contribution in [0.2, 0.25) is 0 Å². The van der Waals surface area contributed by atoms with Gasteiger partial charge in [0.05, 0.1) is 0 Å². The van der Waals surface area contributed by atoms with Gasteiger partial charge in [-0.2, -0.15) is 0 Å². The normalized spacial score (nSPS) is 17.8. The summed E-state index contributed by atoms with van der Waals surface area (Å²) in [5.74, 6) is -0.344. The predicted molar refractivity (Wildman–Crippen MR) is 98.6 cm³/mol. The number of piperidine rings is 1. The standard InChI is InChI=1S/C20H29FN2O3/c1-14-8-9-16(11-17(14)21)18(24)23-10-6-7-15(13-23)12-22(5)19(25)26-20(2,3)4/h8-9,11,15H,6-7,10,12-13H2,1-5H3. The van der Waals surface area contributed by atoms with Crippen molar-refractivity contribution in [1.82, 2.24) is 9.80 Å². The zero-order valence-electron chi connectivity index (χ0n) is 16.3. The number of nitrogens with zero attached hydrogens (tertiary/aromatic N) is 2. The molecule has 1 aliphatic rings. The SMILES string of the molecule is Cc1ccc(C(=O)N2CCCC(CN(C)C(=O)OC(C)(C)C)C2)cc1F. The third-order valence-corrected chi connectivity index (χ3v) is 4.46. The number of carbonyl (C=O) groups is 2. The van der Waals surface area contributed by atoms with Gasteiger partial charge in [-0.1, -0.05) is 6.07 Å². The van der Waals surface area contributed by atoms with E-state index in [9.17, 15) is 14.0 Å². The highest BCUT2D eigenvalue weighted by Gasteiger charge is 2.28. The van der Waals surface area contributed by atoms with Crippen LogP contribution in [0.15, 0.2) is 18.2 Å². The molecule has 6 heteroatoms. The first-order valence-corrected chi connectivity index (χ1v) is 9.06. The molecule has 144 valence electrons. The number of hydrogen-bond donors (Lipinski definition) is 0. The Morgan fingerprint density at radius 3 is 2.65 bits per heavy atom. The lowest BCUT2D eigenvalue weighted by molar-refractivity contribution is 0.0244. The fraction of sp³-hybridized carbons (Fsp3) is 0.600. The molecule has 1 unspecified atom stereocenters. The topological polar surface area (TPSA) is 49.9 Å². The minimum Gasteiger partial charge on any atom is -0.444 e. The Bertz CT molecular complexity index is 670. The molecule has 2 rings (SSSR count). The molecule has 1 heterocycles. The molecular weight excluding hydrogens is 335 g/mol. The van der Waals surface area contributed by atoms with E-state index in [0.717, 1.165) is 12.8 Å². The Kier molecular flexibility index (Phi) is 6.26. The molecule has 1 aromatic rings. The molecule has 0 bridgehead atoms. The average Bonchev–Trinajstić information content (AvgIpc) is 2.55. The van der Waals surface area contributed by atoms with Gasteiger partial charge in [0, 0.05) is 32.2 Å². The van der Waals surface area contributed by atoms with Crippen LogP contribution >= 0.6 is 0 Å². The molecule has 1 saturated heterocycles. The monoisotopic (exact) mass is 364 g/mol. The van der Waals surface area contributed by atoms with Crippen molar-refractivity contribution in [2.45, 2.75) is 46.1 Å². The molecular formula is C20H29FN2O3. The molecule has 2 amide bonds. The van der Waals surface area contributed by atoms with Crippen LogP contribution in [0, 0.1) is 18.7 Å². The van der Waals surface area contributed by atoms with E-state index in [4.69, 9.17) is 4.74 Å². The maximum atomic E-state index is 13.8. The number of rotatable bonds is 3. The fourth-order valence-corrected chi connectivity index (χ4v) is 3.11. The van der Waals surface area contributed by atoms with E-state index in [0.29, 0.717) is 30.8 Å². The fourth-order valence-electron chi connectivity index (χ4n) is 3.11. The van der Waals surface area contributed by atoms with Gasteiger partial charge in [-0.15, -0.1) is 0 Å².